The van der Waals surface area contributed by atoms with Crippen molar-refractivity contribution in [2.24, 2.45) is 7.05 Å². The second-order valence-electron chi connectivity index (χ2n) is 8.11. The zero-order chi connectivity index (χ0) is 26.9. The number of amides is 1. The van der Waals surface area contributed by atoms with Gasteiger partial charge in [-0.2, -0.15) is 4.80 Å². The molecular weight excluding hydrogens is 512 g/mol. The summed E-state index contributed by atoms with van der Waals surface area (Å²) < 4.78 is 37.6. The standard InChI is InChI=1S/C21H23FN7O7P/c1-12(30)29(37(33,34)36-13(2)31)11-16-10-28(21(32)35-16)15-5-6-17(18(22)8-15)14-4-7-19(23-9-14)20-24-26-27(3)25-20/h4-9,16,21,32H,10-11H2,1-3H3,(H,33,34)/t16-,21?/m1/s1. The van der Waals surface area contributed by atoms with Gasteiger partial charge in [0.2, 0.25) is 18.1 Å². The molecule has 3 atom stereocenters. The monoisotopic (exact) mass is 535 g/mol. The Labute approximate surface area is 209 Å². The number of aliphatic hydroxyl groups is 1. The molecule has 14 nitrogen and oxygen atoms in total. The first-order valence-electron chi connectivity index (χ1n) is 10.9. The first kappa shape index (κ1) is 26.3. The number of pyridine rings is 1. The van der Waals surface area contributed by atoms with Gasteiger partial charge in [-0.25, -0.2) is 13.6 Å². The Morgan fingerprint density at radius 3 is 2.62 bits per heavy atom. The maximum atomic E-state index is 15.0. The van der Waals surface area contributed by atoms with E-state index in [0.717, 1.165) is 13.8 Å². The summed E-state index contributed by atoms with van der Waals surface area (Å²) in [5.41, 5.74) is 1.49. The molecule has 196 valence electrons. The predicted octanol–water partition coefficient (Wildman–Crippen LogP) is 1.07. The number of aliphatic hydroxyl groups excluding tert-OH is 1. The molecule has 2 N–H and O–H groups in total. The van der Waals surface area contributed by atoms with Gasteiger partial charge < -0.3 is 19.3 Å². The summed E-state index contributed by atoms with van der Waals surface area (Å²) in [5, 5.41) is 22.1. The highest BCUT2D eigenvalue weighted by molar-refractivity contribution is 7.51. The number of hydrogen-bond acceptors (Lipinski definition) is 11. The molecular formula is C21H23FN7O7P. The van der Waals surface area contributed by atoms with Crippen LogP contribution in [0.25, 0.3) is 22.6 Å². The van der Waals surface area contributed by atoms with Gasteiger partial charge in [0.05, 0.1) is 26.2 Å². The molecule has 1 amide bonds. The Balaban J connectivity index is 1.48. The van der Waals surface area contributed by atoms with Crippen molar-refractivity contribution in [1.29, 1.82) is 0 Å². The second-order valence-corrected chi connectivity index (χ2v) is 9.76. The number of aromatic nitrogens is 5. The van der Waals surface area contributed by atoms with Crippen molar-refractivity contribution in [2.75, 3.05) is 18.0 Å². The minimum Gasteiger partial charge on any atom is -0.376 e. The zero-order valence-electron chi connectivity index (χ0n) is 19.9. The van der Waals surface area contributed by atoms with Gasteiger partial charge in [-0.1, -0.05) is 6.07 Å². The van der Waals surface area contributed by atoms with Crippen LogP contribution in [-0.4, -0.2) is 77.3 Å². The fourth-order valence-corrected chi connectivity index (χ4v) is 4.92. The number of carbonyl (C=O) groups excluding carboxylic acids is 2. The number of hydrogen-bond donors (Lipinski definition) is 2. The number of nitrogens with zero attached hydrogens (tertiary/aromatic N) is 7. The van der Waals surface area contributed by atoms with Crippen molar-refractivity contribution in [2.45, 2.75) is 26.4 Å². The lowest BCUT2D eigenvalue weighted by atomic mass is 10.1. The van der Waals surface area contributed by atoms with Crippen LogP contribution in [0.1, 0.15) is 13.8 Å². The molecule has 1 aromatic carbocycles. The molecule has 0 aliphatic carbocycles. The highest BCUT2D eigenvalue weighted by Gasteiger charge is 2.40. The van der Waals surface area contributed by atoms with Crippen LogP contribution in [-0.2, 0) is 30.5 Å². The van der Waals surface area contributed by atoms with E-state index in [1.807, 2.05) is 0 Å². The molecule has 2 unspecified atom stereocenters. The summed E-state index contributed by atoms with van der Waals surface area (Å²) in [6.07, 6.45) is -0.985. The first-order valence-corrected chi connectivity index (χ1v) is 12.4. The lowest BCUT2D eigenvalue weighted by molar-refractivity contribution is -0.135. The number of halogens is 1. The molecule has 1 fully saturated rings. The van der Waals surface area contributed by atoms with Gasteiger partial charge in [0, 0.05) is 36.9 Å². The number of carbonyl (C=O) groups is 2. The van der Waals surface area contributed by atoms with Crippen molar-refractivity contribution in [1.82, 2.24) is 29.9 Å². The summed E-state index contributed by atoms with van der Waals surface area (Å²) in [6, 6.07) is 7.56. The summed E-state index contributed by atoms with van der Waals surface area (Å²) in [6.45, 7) is 1.44. The lowest BCUT2D eigenvalue weighted by Gasteiger charge is -2.26. The van der Waals surface area contributed by atoms with E-state index >= 15 is 4.39 Å². The van der Waals surface area contributed by atoms with Crippen LogP contribution < -0.4 is 4.90 Å². The molecule has 0 spiro atoms. The third kappa shape index (κ3) is 5.80. The van der Waals surface area contributed by atoms with E-state index in [1.165, 1.54) is 28.0 Å². The number of tetrazole rings is 1. The summed E-state index contributed by atoms with van der Waals surface area (Å²) in [5.74, 6) is -2.15. The molecule has 1 aliphatic heterocycles. The number of anilines is 1. The fourth-order valence-electron chi connectivity index (χ4n) is 3.74. The largest absolute Gasteiger partial charge is 0.490 e. The molecule has 37 heavy (non-hydrogen) atoms. The molecule has 1 aliphatic rings. The van der Waals surface area contributed by atoms with Crippen LogP contribution in [0.2, 0.25) is 0 Å². The molecule has 16 heteroatoms. The second kappa shape index (κ2) is 10.3. The van der Waals surface area contributed by atoms with Crippen LogP contribution in [0.5, 0.6) is 0 Å². The van der Waals surface area contributed by atoms with Gasteiger partial charge in [-0.15, -0.1) is 10.2 Å². The average molecular weight is 535 g/mol. The number of rotatable bonds is 7. The molecule has 4 rings (SSSR count). The molecule has 3 heterocycles. The zero-order valence-corrected chi connectivity index (χ0v) is 20.8. The summed E-state index contributed by atoms with van der Waals surface area (Å²) in [4.78, 5) is 39.9. The van der Waals surface area contributed by atoms with Crippen LogP contribution in [0.3, 0.4) is 0 Å². The minimum atomic E-state index is -4.77. The third-order valence-corrected chi connectivity index (χ3v) is 6.92. The van der Waals surface area contributed by atoms with Gasteiger partial charge in [0.25, 0.3) is 0 Å². The summed E-state index contributed by atoms with van der Waals surface area (Å²) >= 11 is 0. The van der Waals surface area contributed by atoms with E-state index in [0.29, 0.717) is 21.8 Å². The first-order chi connectivity index (χ1) is 17.4. The molecule has 0 bridgehead atoms. The Bertz CT molecular complexity index is 1370. The quantitative estimate of drug-likeness (QED) is 0.413. The highest BCUT2D eigenvalue weighted by atomic mass is 31.2. The van der Waals surface area contributed by atoms with Crippen molar-refractivity contribution in [3.8, 4) is 22.6 Å². The number of ether oxygens (including phenoxy) is 1. The Morgan fingerprint density at radius 2 is 2.05 bits per heavy atom. The highest BCUT2D eigenvalue weighted by Crippen LogP contribution is 2.47. The molecule has 0 radical (unpaired) electrons. The Hall–Kier alpha value is -3.78. The van der Waals surface area contributed by atoms with Gasteiger partial charge >= 0.3 is 13.7 Å². The SMILES string of the molecule is CC(=O)OP(=O)(O)N(C[C@H]1CN(c2ccc(-c3ccc(-c4nnn(C)n4)nc3)c(F)c2)C(O)O1)C(C)=O. The maximum absolute atomic E-state index is 15.0. The lowest BCUT2D eigenvalue weighted by Crippen LogP contribution is -2.36. The summed E-state index contributed by atoms with van der Waals surface area (Å²) in [7, 11) is -3.15. The molecule has 2 aromatic heterocycles. The van der Waals surface area contributed by atoms with E-state index < -0.39 is 44.5 Å². The third-order valence-electron chi connectivity index (χ3n) is 5.37. The molecule has 0 saturated carbocycles. The van der Waals surface area contributed by atoms with Gasteiger partial charge in [-0.05, 0) is 29.5 Å². The van der Waals surface area contributed by atoms with Crippen molar-refractivity contribution < 1.29 is 37.8 Å². The van der Waals surface area contributed by atoms with Crippen LogP contribution in [0, 0.1) is 5.82 Å². The smallest absolute Gasteiger partial charge is 0.376 e. The van der Waals surface area contributed by atoms with Gasteiger partial charge in [0.15, 0.2) is 0 Å². The average Bonchev–Trinajstić information content (AvgIpc) is 3.41. The number of aryl methyl sites for hydroxylation is 1. The van der Waals surface area contributed by atoms with E-state index in [4.69, 9.17) is 4.74 Å². The molecule has 3 aromatic rings. The van der Waals surface area contributed by atoms with E-state index in [2.05, 4.69) is 24.9 Å². The number of benzene rings is 1. The predicted molar refractivity (Wildman–Crippen MR) is 125 cm³/mol. The van der Waals surface area contributed by atoms with Gasteiger partial charge in [-0.3, -0.25) is 19.5 Å². The van der Waals surface area contributed by atoms with Crippen molar-refractivity contribution >= 4 is 25.3 Å². The van der Waals surface area contributed by atoms with E-state index in [9.17, 15) is 24.2 Å². The van der Waals surface area contributed by atoms with Crippen LogP contribution in [0.4, 0.5) is 10.1 Å². The van der Waals surface area contributed by atoms with Crippen molar-refractivity contribution in [3.05, 3.63) is 42.3 Å². The minimum absolute atomic E-state index is 0.0504. The normalized spacial score (nSPS) is 18.9. The van der Waals surface area contributed by atoms with Gasteiger partial charge in [0.1, 0.15) is 11.5 Å². The van der Waals surface area contributed by atoms with E-state index in [-0.39, 0.29) is 17.8 Å². The topological polar surface area (TPSA) is 173 Å². The van der Waals surface area contributed by atoms with Crippen LogP contribution in [0.15, 0.2) is 36.5 Å². The Kier molecular flexibility index (Phi) is 7.32. The fraction of sp³-hybridized carbons (Fsp3) is 0.333. The maximum Gasteiger partial charge on any atom is 0.490 e. The molecule has 1 saturated heterocycles. The van der Waals surface area contributed by atoms with E-state index in [1.54, 1.807) is 25.2 Å². The van der Waals surface area contributed by atoms with Crippen LogP contribution >= 0.6 is 7.75 Å². The Morgan fingerprint density at radius 1 is 1.30 bits per heavy atom. The van der Waals surface area contributed by atoms with Crippen molar-refractivity contribution in [3.63, 3.8) is 0 Å².